The van der Waals surface area contributed by atoms with E-state index >= 15 is 0 Å². The van der Waals surface area contributed by atoms with Crippen LogP contribution in [0.2, 0.25) is 0 Å². The first kappa shape index (κ1) is 14.7. The van der Waals surface area contributed by atoms with E-state index in [9.17, 15) is 0 Å². The van der Waals surface area contributed by atoms with Crippen LogP contribution in [-0.4, -0.2) is 0 Å². The lowest BCUT2D eigenvalue weighted by Gasteiger charge is -2.18. The van der Waals surface area contributed by atoms with E-state index in [2.05, 4.69) is 59.9 Å². The van der Waals surface area contributed by atoms with Gasteiger partial charge in [-0.2, -0.15) is 0 Å². The molecule has 0 rings (SSSR count). The van der Waals surface area contributed by atoms with Crippen molar-refractivity contribution in [1.29, 1.82) is 0 Å². The molecular weight excluding hydrogens is 192 g/mol. The molecule has 0 saturated heterocycles. The molecule has 0 atom stereocenters. The molecule has 88 valence electrons. The third-order valence-electron chi connectivity index (χ3n) is 2.71. The van der Waals surface area contributed by atoms with Gasteiger partial charge in [0, 0.05) is 0 Å². The Bertz CT molecular complexity index is 341. The SMILES string of the molecule is C=CC=CC(=C)C(C)=CC=C(C)C(C)(C)C. The zero-order valence-corrected chi connectivity index (χ0v) is 11.3. The second-order valence-electron chi connectivity index (χ2n) is 5.07. The first-order valence-electron chi connectivity index (χ1n) is 5.63. The maximum Gasteiger partial charge on any atom is -0.0173 e. The Morgan fingerprint density at radius 1 is 1.06 bits per heavy atom. The summed E-state index contributed by atoms with van der Waals surface area (Å²) in [4.78, 5) is 0. The molecule has 0 unspecified atom stereocenters. The van der Waals surface area contributed by atoms with Crippen LogP contribution in [0, 0.1) is 5.41 Å². The Morgan fingerprint density at radius 2 is 1.62 bits per heavy atom. The molecule has 0 spiro atoms. The average molecular weight is 216 g/mol. The summed E-state index contributed by atoms with van der Waals surface area (Å²) in [5, 5.41) is 0. The number of hydrogen-bond donors (Lipinski definition) is 0. The molecule has 0 aromatic heterocycles. The van der Waals surface area contributed by atoms with E-state index in [1.54, 1.807) is 6.08 Å². The van der Waals surface area contributed by atoms with Gasteiger partial charge < -0.3 is 0 Å². The van der Waals surface area contributed by atoms with Gasteiger partial charge in [-0.25, -0.2) is 0 Å². The van der Waals surface area contributed by atoms with Crippen LogP contribution in [0.1, 0.15) is 34.6 Å². The van der Waals surface area contributed by atoms with Crippen molar-refractivity contribution in [3.05, 3.63) is 60.3 Å². The standard InChI is InChI=1S/C16H24/c1-8-9-10-13(2)14(3)11-12-15(4)16(5,6)7/h8-12H,1-2H2,3-7H3. The summed E-state index contributed by atoms with van der Waals surface area (Å²) >= 11 is 0. The normalized spacial score (nSPS) is 14.3. The van der Waals surface area contributed by atoms with E-state index in [0.29, 0.717) is 0 Å². The van der Waals surface area contributed by atoms with E-state index in [4.69, 9.17) is 0 Å². The van der Waals surface area contributed by atoms with Gasteiger partial charge in [0.1, 0.15) is 0 Å². The molecule has 0 aromatic carbocycles. The Hall–Kier alpha value is -1.30. The molecule has 0 aliphatic rings. The first-order chi connectivity index (χ1) is 7.29. The molecular formula is C16H24. The molecule has 0 N–H and O–H groups in total. The van der Waals surface area contributed by atoms with Crippen LogP contribution in [0.25, 0.3) is 0 Å². The van der Waals surface area contributed by atoms with Gasteiger partial charge in [0.15, 0.2) is 0 Å². The molecule has 0 bridgehead atoms. The smallest absolute Gasteiger partial charge is 0.0173 e. The van der Waals surface area contributed by atoms with E-state index < -0.39 is 0 Å². The van der Waals surface area contributed by atoms with Crippen molar-refractivity contribution < 1.29 is 0 Å². The minimum Gasteiger partial charge on any atom is -0.0991 e. The monoisotopic (exact) mass is 216 g/mol. The van der Waals surface area contributed by atoms with Gasteiger partial charge in [-0.05, 0) is 30.4 Å². The molecule has 0 heteroatoms. The predicted octanol–water partition coefficient (Wildman–Crippen LogP) is 5.22. The van der Waals surface area contributed by atoms with Crippen molar-refractivity contribution in [2.45, 2.75) is 34.6 Å². The van der Waals surface area contributed by atoms with Gasteiger partial charge in [0.25, 0.3) is 0 Å². The van der Waals surface area contributed by atoms with Crippen LogP contribution in [0.4, 0.5) is 0 Å². The van der Waals surface area contributed by atoms with Gasteiger partial charge in [-0.3, -0.25) is 0 Å². The Kier molecular flexibility index (Phi) is 5.81. The van der Waals surface area contributed by atoms with E-state index in [1.807, 2.05) is 12.2 Å². The lowest BCUT2D eigenvalue weighted by molar-refractivity contribution is 0.504. The number of allylic oxidation sites excluding steroid dienone is 8. The summed E-state index contributed by atoms with van der Waals surface area (Å²) in [6, 6.07) is 0. The fourth-order valence-corrected chi connectivity index (χ4v) is 0.923. The van der Waals surface area contributed by atoms with Gasteiger partial charge >= 0.3 is 0 Å². The highest BCUT2D eigenvalue weighted by atomic mass is 14.2. The van der Waals surface area contributed by atoms with Crippen LogP contribution in [0.3, 0.4) is 0 Å². The molecule has 0 fully saturated rings. The molecule has 0 aliphatic carbocycles. The summed E-state index contributed by atoms with van der Waals surface area (Å²) in [7, 11) is 0. The van der Waals surface area contributed by atoms with Crippen molar-refractivity contribution in [2.24, 2.45) is 5.41 Å². The summed E-state index contributed by atoms with van der Waals surface area (Å²) in [6.07, 6.45) is 9.92. The first-order valence-corrected chi connectivity index (χ1v) is 5.63. The highest BCUT2D eigenvalue weighted by Gasteiger charge is 2.10. The molecule has 0 radical (unpaired) electrons. The summed E-state index contributed by atoms with van der Waals surface area (Å²) in [5.41, 5.74) is 3.81. The van der Waals surface area contributed by atoms with E-state index in [-0.39, 0.29) is 5.41 Å². The van der Waals surface area contributed by atoms with Gasteiger partial charge in [-0.1, -0.05) is 69.9 Å². The fraction of sp³-hybridized carbons (Fsp3) is 0.375. The quantitative estimate of drug-likeness (QED) is 0.565. The Labute approximate surface area is 101 Å². The van der Waals surface area contributed by atoms with Crippen molar-refractivity contribution >= 4 is 0 Å². The van der Waals surface area contributed by atoms with Crippen LogP contribution in [-0.2, 0) is 0 Å². The zero-order chi connectivity index (χ0) is 12.8. The van der Waals surface area contributed by atoms with Gasteiger partial charge in [-0.15, -0.1) is 0 Å². The van der Waals surface area contributed by atoms with Gasteiger partial charge in [0.2, 0.25) is 0 Å². The molecule has 0 amide bonds. The molecule has 0 saturated carbocycles. The topological polar surface area (TPSA) is 0 Å². The summed E-state index contributed by atoms with van der Waals surface area (Å²) in [6.45, 7) is 18.5. The van der Waals surface area contributed by atoms with E-state index in [0.717, 1.165) is 5.57 Å². The maximum absolute atomic E-state index is 4.00. The molecule has 0 aromatic rings. The van der Waals surface area contributed by atoms with Crippen LogP contribution >= 0.6 is 0 Å². The molecule has 0 nitrogen and oxygen atoms in total. The lowest BCUT2D eigenvalue weighted by atomic mass is 9.87. The second-order valence-corrected chi connectivity index (χ2v) is 5.07. The average Bonchev–Trinajstić information content (AvgIpc) is 2.20. The van der Waals surface area contributed by atoms with Gasteiger partial charge in [0.05, 0.1) is 0 Å². The summed E-state index contributed by atoms with van der Waals surface area (Å²) < 4.78 is 0. The highest BCUT2D eigenvalue weighted by molar-refractivity contribution is 5.39. The van der Waals surface area contributed by atoms with Crippen molar-refractivity contribution in [2.75, 3.05) is 0 Å². The number of rotatable bonds is 4. The maximum atomic E-state index is 4.00. The number of hydrogen-bond acceptors (Lipinski definition) is 0. The molecule has 16 heavy (non-hydrogen) atoms. The van der Waals surface area contributed by atoms with Crippen LogP contribution in [0.15, 0.2) is 60.3 Å². The molecule has 0 aliphatic heterocycles. The van der Waals surface area contributed by atoms with Crippen LogP contribution in [0.5, 0.6) is 0 Å². The highest BCUT2D eigenvalue weighted by Crippen LogP contribution is 2.24. The van der Waals surface area contributed by atoms with Crippen molar-refractivity contribution in [3.8, 4) is 0 Å². The third-order valence-corrected chi connectivity index (χ3v) is 2.71. The Morgan fingerprint density at radius 3 is 2.06 bits per heavy atom. The van der Waals surface area contributed by atoms with Crippen molar-refractivity contribution in [3.63, 3.8) is 0 Å². The Balaban J connectivity index is 4.75. The third kappa shape index (κ3) is 5.55. The lowest BCUT2D eigenvalue weighted by Crippen LogP contribution is -2.05. The van der Waals surface area contributed by atoms with E-state index in [1.165, 1.54) is 11.1 Å². The molecule has 0 heterocycles. The van der Waals surface area contributed by atoms with Crippen LogP contribution < -0.4 is 0 Å². The largest absolute Gasteiger partial charge is 0.0991 e. The fourth-order valence-electron chi connectivity index (χ4n) is 0.923. The second kappa shape index (κ2) is 6.32. The zero-order valence-electron chi connectivity index (χ0n) is 11.3. The minimum absolute atomic E-state index is 0.231. The minimum atomic E-state index is 0.231. The van der Waals surface area contributed by atoms with Crippen molar-refractivity contribution in [1.82, 2.24) is 0 Å². The predicted molar refractivity (Wildman–Crippen MR) is 75.4 cm³/mol. The summed E-state index contributed by atoms with van der Waals surface area (Å²) in [5.74, 6) is 0.